The molecule has 3 aliphatic rings. The molecule has 0 aromatic heterocycles. The number of carbonyl (C=O) groups excluding carboxylic acids is 2. The van der Waals surface area contributed by atoms with Gasteiger partial charge >= 0.3 is 0 Å². The van der Waals surface area contributed by atoms with Gasteiger partial charge in [0.05, 0.1) is 11.1 Å². The Balaban J connectivity index is 1.44. The van der Waals surface area contributed by atoms with Gasteiger partial charge in [0.25, 0.3) is 5.91 Å². The molecular formula is C19H23N3O3. The van der Waals surface area contributed by atoms with E-state index in [0.29, 0.717) is 38.3 Å². The van der Waals surface area contributed by atoms with Crippen LogP contribution >= 0.6 is 0 Å². The molecule has 1 N–H and O–H groups in total. The van der Waals surface area contributed by atoms with Crippen LogP contribution in [0.15, 0.2) is 29.4 Å². The Morgan fingerprint density at radius 2 is 2.04 bits per heavy atom. The number of para-hydroxylation sites is 1. The summed E-state index contributed by atoms with van der Waals surface area (Å²) in [6, 6.07) is 7.86. The number of hydrogen-bond donors (Lipinski definition) is 1. The van der Waals surface area contributed by atoms with E-state index in [1.54, 1.807) is 0 Å². The molecule has 0 unspecified atom stereocenters. The maximum absolute atomic E-state index is 12.7. The lowest BCUT2D eigenvalue weighted by atomic mass is 9.73. The first-order chi connectivity index (χ1) is 12.0. The van der Waals surface area contributed by atoms with E-state index in [9.17, 15) is 9.59 Å². The molecule has 0 bridgehead atoms. The molecule has 1 atom stereocenters. The van der Waals surface area contributed by atoms with Crippen molar-refractivity contribution in [2.24, 2.45) is 11.1 Å². The van der Waals surface area contributed by atoms with E-state index in [1.807, 2.05) is 29.2 Å². The van der Waals surface area contributed by atoms with Crippen LogP contribution in [0.1, 0.15) is 38.7 Å². The molecular weight excluding hydrogens is 318 g/mol. The summed E-state index contributed by atoms with van der Waals surface area (Å²) in [5.41, 5.74) is 2.41. The van der Waals surface area contributed by atoms with Crippen LogP contribution in [-0.4, -0.2) is 41.6 Å². The predicted octanol–water partition coefficient (Wildman–Crippen LogP) is 2.30. The normalized spacial score (nSPS) is 24.1. The fourth-order valence-corrected chi connectivity index (χ4v) is 4.05. The number of benzene rings is 1. The van der Waals surface area contributed by atoms with Gasteiger partial charge in [-0.1, -0.05) is 37.2 Å². The SMILES string of the molecule is CC(C)C1=NO[C@@H](C(=O)N2CCC3(CC2)C(=O)Nc2ccccc23)C1. The largest absolute Gasteiger partial charge is 0.382 e. The second kappa shape index (κ2) is 5.86. The summed E-state index contributed by atoms with van der Waals surface area (Å²) in [7, 11) is 0. The highest BCUT2D eigenvalue weighted by Gasteiger charge is 2.49. The predicted molar refractivity (Wildman–Crippen MR) is 94.3 cm³/mol. The number of rotatable bonds is 2. The average molecular weight is 341 g/mol. The topological polar surface area (TPSA) is 71.0 Å². The van der Waals surface area contributed by atoms with Crippen molar-refractivity contribution in [2.45, 2.75) is 44.6 Å². The third-order valence-corrected chi connectivity index (χ3v) is 5.69. The maximum atomic E-state index is 12.7. The summed E-state index contributed by atoms with van der Waals surface area (Å²) < 4.78 is 0. The number of hydrogen-bond acceptors (Lipinski definition) is 4. The number of nitrogens with zero attached hydrogens (tertiary/aromatic N) is 2. The highest BCUT2D eigenvalue weighted by atomic mass is 16.6. The lowest BCUT2D eigenvalue weighted by molar-refractivity contribution is -0.144. The van der Waals surface area contributed by atoms with E-state index >= 15 is 0 Å². The fraction of sp³-hybridized carbons (Fsp3) is 0.526. The summed E-state index contributed by atoms with van der Waals surface area (Å²) in [4.78, 5) is 32.5. The summed E-state index contributed by atoms with van der Waals surface area (Å²) >= 11 is 0. The molecule has 6 nitrogen and oxygen atoms in total. The number of likely N-dealkylation sites (tertiary alicyclic amines) is 1. The van der Waals surface area contributed by atoms with Gasteiger partial charge in [-0.3, -0.25) is 9.59 Å². The quantitative estimate of drug-likeness (QED) is 0.897. The monoisotopic (exact) mass is 341 g/mol. The Morgan fingerprint density at radius 3 is 2.72 bits per heavy atom. The number of fused-ring (bicyclic) bond motifs is 2. The van der Waals surface area contributed by atoms with Crippen LogP contribution in [0.5, 0.6) is 0 Å². The van der Waals surface area contributed by atoms with Gasteiger partial charge in [-0.25, -0.2) is 0 Å². The smallest absolute Gasteiger partial charge is 0.266 e. The van der Waals surface area contributed by atoms with Crippen molar-refractivity contribution in [1.29, 1.82) is 0 Å². The first-order valence-corrected chi connectivity index (χ1v) is 8.93. The Hall–Kier alpha value is -2.37. The maximum Gasteiger partial charge on any atom is 0.266 e. The molecule has 0 saturated carbocycles. The molecule has 3 heterocycles. The van der Waals surface area contributed by atoms with Crippen LogP contribution in [0, 0.1) is 5.92 Å². The first kappa shape index (κ1) is 16.1. The molecule has 0 radical (unpaired) electrons. The summed E-state index contributed by atoms with van der Waals surface area (Å²) in [6.07, 6.45) is 1.36. The number of piperidine rings is 1. The van der Waals surface area contributed by atoms with Gasteiger partial charge in [0.15, 0.2) is 0 Å². The van der Waals surface area contributed by atoms with Crippen molar-refractivity contribution in [3.8, 4) is 0 Å². The zero-order chi connectivity index (χ0) is 17.6. The van der Waals surface area contributed by atoms with Crippen LogP contribution in [0.2, 0.25) is 0 Å². The van der Waals surface area contributed by atoms with Gasteiger partial charge in [0.2, 0.25) is 12.0 Å². The van der Waals surface area contributed by atoms with Gasteiger partial charge in [0.1, 0.15) is 0 Å². The summed E-state index contributed by atoms with van der Waals surface area (Å²) in [6.45, 7) is 5.24. The van der Waals surface area contributed by atoms with E-state index in [1.165, 1.54) is 0 Å². The zero-order valence-corrected chi connectivity index (χ0v) is 14.6. The molecule has 132 valence electrons. The van der Waals surface area contributed by atoms with E-state index in [2.05, 4.69) is 24.3 Å². The minimum Gasteiger partial charge on any atom is -0.382 e. The third-order valence-electron chi connectivity index (χ3n) is 5.69. The molecule has 6 heteroatoms. The van der Waals surface area contributed by atoms with Gasteiger partial charge in [-0.15, -0.1) is 0 Å². The summed E-state index contributed by atoms with van der Waals surface area (Å²) in [5, 5.41) is 7.04. The fourth-order valence-electron chi connectivity index (χ4n) is 4.05. The molecule has 1 spiro atoms. The number of nitrogens with one attached hydrogen (secondary N) is 1. The van der Waals surface area contributed by atoms with Gasteiger partial charge < -0.3 is 15.1 Å². The van der Waals surface area contributed by atoms with Crippen molar-refractivity contribution in [3.05, 3.63) is 29.8 Å². The van der Waals surface area contributed by atoms with Crippen LogP contribution in [0.25, 0.3) is 0 Å². The van der Waals surface area contributed by atoms with Crippen molar-refractivity contribution >= 4 is 23.2 Å². The van der Waals surface area contributed by atoms with Crippen molar-refractivity contribution < 1.29 is 14.4 Å². The Morgan fingerprint density at radius 1 is 1.32 bits per heavy atom. The third kappa shape index (κ3) is 2.51. The molecule has 1 aromatic carbocycles. The molecule has 2 amide bonds. The molecule has 1 saturated heterocycles. The van der Waals surface area contributed by atoms with Crippen molar-refractivity contribution in [1.82, 2.24) is 4.90 Å². The van der Waals surface area contributed by atoms with E-state index < -0.39 is 11.5 Å². The van der Waals surface area contributed by atoms with Gasteiger partial charge in [0, 0.05) is 25.2 Å². The lowest BCUT2D eigenvalue weighted by Crippen LogP contribution is -2.50. The minimum atomic E-state index is -0.504. The van der Waals surface area contributed by atoms with E-state index in [4.69, 9.17) is 4.84 Å². The summed E-state index contributed by atoms with van der Waals surface area (Å²) in [5.74, 6) is 0.338. The molecule has 25 heavy (non-hydrogen) atoms. The molecule has 1 aromatic rings. The van der Waals surface area contributed by atoms with Crippen LogP contribution in [0.3, 0.4) is 0 Å². The second-order valence-electron chi connectivity index (χ2n) is 7.44. The van der Waals surface area contributed by atoms with Crippen LogP contribution < -0.4 is 5.32 Å². The lowest BCUT2D eigenvalue weighted by Gasteiger charge is -2.38. The number of carbonyl (C=O) groups is 2. The highest BCUT2D eigenvalue weighted by molar-refractivity contribution is 6.06. The Kier molecular flexibility index (Phi) is 3.78. The number of anilines is 1. The van der Waals surface area contributed by atoms with Crippen LogP contribution in [-0.2, 0) is 19.8 Å². The molecule has 4 rings (SSSR count). The zero-order valence-electron chi connectivity index (χ0n) is 14.6. The average Bonchev–Trinajstić information content (AvgIpc) is 3.20. The van der Waals surface area contributed by atoms with Crippen LogP contribution in [0.4, 0.5) is 5.69 Å². The molecule has 0 aliphatic carbocycles. The van der Waals surface area contributed by atoms with Crippen molar-refractivity contribution in [2.75, 3.05) is 18.4 Å². The Labute approximate surface area is 147 Å². The minimum absolute atomic E-state index is 0.0130. The number of amides is 2. The standard InChI is InChI=1S/C19H23N3O3/c1-12(2)15-11-16(25-21-15)17(23)22-9-7-19(8-10-22)13-5-3-4-6-14(13)20-18(19)24/h3-6,12,16H,7-11H2,1-2H3,(H,20,24)/t16-/m1/s1. The first-order valence-electron chi connectivity index (χ1n) is 8.93. The highest BCUT2D eigenvalue weighted by Crippen LogP contribution is 2.44. The molecule has 3 aliphatic heterocycles. The molecule has 1 fully saturated rings. The van der Waals surface area contributed by atoms with Gasteiger partial charge in [-0.05, 0) is 30.4 Å². The van der Waals surface area contributed by atoms with E-state index in [0.717, 1.165) is 17.0 Å². The van der Waals surface area contributed by atoms with Crippen molar-refractivity contribution in [3.63, 3.8) is 0 Å². The van der Waals surface area contributed by atoms with Gasteiger partial charge in [-0.2, -0.15) is 0 Å². The second-order valence-corrected chi connectivity index (χ2v) is 7.44. The Bertz CT molecular complexity index is 748. The van der Waals surface area contributed by atoms with E-state index in [-0.39, 0.29) is 11.8 Å². The number of oxime groups is 1.